The molecule has 0 spiro atoms. The number of aryl methyl sites for hydroxylation is 1. The number of hydrogen-bond donors (Lipinski definition) is 4. The Kier molecular flexibility index (Phi) is 7.58. The number of thiazole rings is 1. The van der Waals surface area contributed by atoms with E-state index in [0.29, 0.717) is 16.3 Å². The average molecular weight is 620 g/mol. The summed E-state index contributed by atoms with van der Waals surface area (Å²) in [6.45, 7) is 3.54. The molecule has 2 amide bonds. The number of nitrogens with two attached hydrogens (primary N) is 1. The number of carboxylic acids is 2. The second-order valence-corrected chi connectivity index (χ2v) is 11.6. The van der Waals surface area contributed by atoms with E-state index in [2.05, 4.69) is 30.5 Å². The van der Waals surface area contributed by atoms with Gasteiger partial charge in [0.05, 0.1) is 0 Å². The van der Waals surface area contributed by atoms with E-state index in [1.54, 1.807) is 13.8 Å². The van der Waals surface area contributed by atoms with Gasteiger partial charge in [-0.15, -0.1) is 40.0 Å². The third kappa shape index (κ3) is 5.06. The fraction of sp³-hybridized carbons (Fsp3) is 0.318. The zero-order valence-electron chi connectivity index (χ0n) is 21.5. The van der Waals surface area contributed by atoms with Gasteiger partial charge in [-0.25, -0.2) is 19.6 Å². The Labute approximate surface area is 243 Å². The number of carboxylic acid groups (broad SMARTS) is 2. The third-order valence-electron chi connectivity index (χ3n) is 6.19. The van der Waals surface area contributed by atoms with Gasteiger partial charge in [-0.05, 0) is 19.4 Å². The molecule has 0 aliphatic carbocycles. The highest BCUT2D eigenvalue weighted by Crippen LogP contribution is 2.42. The van der Waals surface area contributed by atoms with Crippen molar-refractivity contribution < 1.29 is 34.2 Å². The van der Waals surface area contributed by atoms with Gasteiger partial charge in [-0.3, -0.25) is 14.5 Å². The van der Waals surface area contributed by atoms with E-state index >= 15 is 0 Å². The molecule has 2 aliphatic rings. The van der Waals surface area contributed by atoms with E-state index in [4.69, 9.17) is 10.6 Å². The van der Waals surface area contributed by atoms with Crippen LogP contribution in [-0.2, 0) is 19.2 Å². The lowest BCUT2D eigenvalue weighted by Crippen LogP contribution is -2.71. The van der Waals surface area contributed by atoms with Crippen LogP contribution in [0, 0.1) is 13.8 Å². The zero-order valence-corrected chi connectivity index (χ0v) is 24.0. The van der Waals surface area contributed by atoms with Crippen LogP contribution in [0.4, 0.5) is 5.13 Å². The van der Waals surface area contributed by atoms with Crippen molar-refractivity contribution in [2.75, 3.05) is 24.3 Å². The van der Waals surface area contributed by atoms with Gasteiger partial charge in [0.1, 0.15) is 34.9 Å². The molecule has 1 saturated heterocycles. The van der Waals surface area contributed by atoms with Crippen molar-refractivity contribution in [3.8, 4) is 0 Å². The van der Waals surface area contributed by atoms with Crippen molar-refractivity contribution in [1.29, 1.82) is 0 Å². The summed E-state index contributed by atoms with van der Waals surface area (Å²) >= 11 is 3.64. The molecule has 0 bridgehead atoms. The monoisotopic (exact) mass is 619 g/mol. The number of anilines is 1. The molecule has 2 aliphatic heterocycles. The molecule has 0 aromatic carbocycles. The maximum atomic E-state index is 13.1. The fourth-order valence-corrected chi connectivity index (χ4v) is 7.35. The van der Waals surface area contributed by atoms with Crippen LogP contribution in [0.3, 0.4) is 0 Å². The average Bonchev–Trinajstić information content (AvgIpc) is 3.56. The Balaban J connectivity index is 1.37. The first kappa shape index (κ1) is 28.3. The number of nitrogens with one attached hydrogen (secondary N) is 1. The number of rotatable bonds is 9. The van der Waals surface area contributed by atoms with Gasteiger partial charge >= 0.3 is 11.9 Å². The van der Waals surface area contributed by atoms with E-state index in [1.807, 2.05) is 0 Å². The summed E-state index contributed by atoms with van der Waals surface area (Å²) in [6, 6.07) is -0.997. The Morgan fingerprint density at radius 1 is 1.24 bits per heavy atom. The maximum Gasteiger partial charge on any atom is 0.375 e. The Morgan fingerprint density at radius 2 is 2.00 bits per heavy atom. The van der Waals surface area contributed by atoms with Crippen molar-refractivity contribution in [2.45, 2.75) is 30.3 Å². The smallest absolute Gasteiger partial charge is 0.375 e. The molecule has 0 radical (unpaired) electrons. The number of aliphatic carboxylic acids is 1. The predicted octanol–water partition coefficient (Wildman–Crippen LogP) is 0.359. The highest BCUT2D eigenvalue weighted by molar-refractivity contribution is 8.01. The number of carbonyl (C=O) groups is 4. The molecule has 3 aromatic heterocycles. The third-order valence-corrected chi connectivity index (χ3v) is 9.45. The van der Waals surface area contributed by atoms with E-state index < -0.39 is 41.0 Å². The number of thioether (sulfide) groups is 2. The van der Waals surface area contributed by atoms with Crippen LogP contribution < -0.4 is 11.1 Å². The molecule has 214 valence electrons. The summed E-state index contributed by atoms with van der Waals surface area (Å²) in [5, 5.41) is 31.3. The lowest BCUT2D eigenvalue weighted by atomic mass is 10.0. The summed E-state index contributed by atoms with van der Waals surface area (Å²) in [7, 11) is 1.26. The van der Waals surface area contributed by atoms with Gasteiger partial charge in [0.15, 0.2) is 10.8 Å². The molecule has 0 saturated carbocycles. The molecule has 5 heterocycles. The molecule has 3 aromatic rings. The van der Waals surface area contributed by atoms with Crippen LogP contribution in [0.25, 0.3) is 5.78 Å². The minimum absolute atomic E-state index is 0.103. The second-order valence-electron chi connectivity index (χ2n) is 8.68. The molecule has 16 nitrogen and oxygen atoms in total. The van der Waals surface area contributed by atoms with Gasteiger partial charge in [-0.2, -0.15) is 9.50 Å². The summed E-state index contributed by atoms with van der Waals surface area (Å²) < 4.78 is 1.31. The molecule has 19 heteroatoms. The quantitative estimate of drug-likeness (QED) is 0.0834. The second kappa shape index (κ2) is 11.0. The summed E-state index contributed by atoms with van der Waals surface area (Å²) in [4.78, 5) is 67.9. The van der Waals surface area contributed by atoms with Crippen molar-refractivity contribution in [3.63, 3.8) is 0 Å². The van der Waals surface area contributed by atoms with Crippen LogP contribution in [0.2, 0.25) is 0 Å². The van der Waals surface area contributed by atoms with Crippen LogP contribution in [0.15, 0.2) is 26.8 Å². The lowest BCUT2D eigenvalue weighted by molar-refractivity contribution is -0.150. The standard InChI is InChI=1S/C22H21N9O7S3/c1-7-8(2)24-22-27-14(20(36)37)28-31(22)17(7)39-4-9-5-40-18-12(16(33)30(18)13(9)19(34)35)26-15(32)11(29-38-3)10-6-41-21(23)25-10/h6,12,18H,4-5H2,1-3H3,(H2,23,25)(H,26,32)(H,34,35)(H,36,37). The highest BCUT2D eigenvalue weighted by atomic mass is 32.2. The Morgan fingerprint density at radius 3 is 2.63 bits per heavy atom. The molecular weight excluding hydrogens is 598 g/mol. The van der Waals surface area contributed by atoms with E-state index in [9.17, 15) is 29.4 Å². The Hall–Kier alpha value is -4.23. The van der Waals surface area contributed by atoms with Crippen molar-refractivity contribution in [2.24, 2.45) is 5.16 Å². The number of fused-ring (bicyclic) bond motifs is 2. The fourth-order valence-electron chi connectivity index (χ4n) is 4.17. The first-order valence-corrected chi connectivity index (χ1v) is 14.6. The molecule has 1 fully saturated rings. The number of nitrogen functional groups attached to an aromatic ring is 1. The molecule has 41 heavy (non-hydrogen) atoms. The van der Waals surface area contributed by atoms with Gasteiger partial charge in [0.2, 0.25) is 0 Å². The first-order chi connectivity index (χ1) is 19.5. The van der Waals surface area contributed by atoms with Crippen molar-refractivity contribution in [3.05, 3.63) is 39.4 Å². The van der Waals surface area contributed by atoms with Gasteiger partial charge in [0, 0.05) is 28.1 Å². The van der Waals surface area contributed by atoms with Gasteiger partial charge in [0.25, 0.3) is 23.4 Å². The van der Waals surface area contributed by atoms with Crippen LogP contribution in [0.5, 0.6) is 0 Å². The number of hydrogen-bond acceptors (Lipinski definition) is 14. The van der Waals surface area contributed by atoms with E-state index in [1.165, 1.54) is 40.5 Å². The van der Waals surface area contributed by atoms with Crippen LogP contribution in [0.1, 0.15) is 27.6 Å². The van der Waals surface area contributed by atoms with Gasteiger partial charge < -0.3 is 26.1 Å². The van der Waals surface area contributed by atoms with Crippen molar-refractivity contribution >= 4 is 75.2 Å². The van der Waals surface area contributed by atoms with Crippen LogP contribution in [-0.4, -0.2) is 99.2 Å². The van der Waals surface area contributed by atoms with Crippen molar-refractivity contribution in [1.82, 2.24) is 34.8 Å². The zero-order chi connectivity index (χ0) is 29.6. The van der Waals surface area contributed by atoms with E-state index in [-0.39, 0.29) is 39.5 Å². The molecule has 5 N–H and O–H groups in total. The first-order valence-electron chi connectivity index (χ1n) is 11.6. The number of aromatic nitrogens is 5. The predicted molar refractivity (Wildman–Crippen MR) is 148 cm³/mol. The number of β-lactam (4-membered cyclic amide) rings is 1. The number of nitrogens with zero attached hydrogens (tertiary/aromatic N) is 7. The minimum atomic E-state index is -1.30. The number of oxime groups is 1. The van der Waals surface area contributed by atoms with Gasteiger partial charge in [-0.1, -0.05) is 5.16 Å². The normalized spacial score (nSPS) is 18.8. The minimum Gasteiger partial charge on any atom is -0.477 e. The lowest BCUT2D eigenvalue weighted by Gasteiger charge is -2.49. The largest absolute Gasteiger partial charge is 0.477 e. The SMILES string of the molecule is CON=C(C(=O)NC1C(=O)N2C(C(=O)O)=C(CSc3c(C)c(C)nc4nc(C(=O)O)nn34)CSC12)c1csc(N)n1. The number of amides is 2. The summed E-state index contributed by atoms with van der Waals surface area (Å²) in [5.41, 5.74) is 7.30. The maximum absolute atomic E-state index is 13.1. The molecule has 2 unspecified atom stereocenters. The summed E-state index contributed by atoms with van der Waals surface area (Å²) in [6.07, 6.45) is 0. The van der Waals surface area contributed by atoms with Crippen LogP contribution >= 0.6 is 34.9 Å². The topological polar surface area (TPSA) is 228 Å². The highest BCUT2D eigenvalue weighted by Gasteiger charge is 2.54. The van der Waals surface area contributed by atoms with E-state index in [0.717, 1.165) is 21.8 Å². The molecular formula is C22H21N9O7S3. The summed E-state index contributed by atoms with van der Waals surface area (Å²) in [5.74, 6) is -3.79. The molecule has 5 rings (SSSR count). The number of carbonyl (C=O) groups excluding carboxylic acids is 2. The number of aromatic carboxylic acids is 1. The molecule has 2 atom stereocenters. The Bertz CT molecular complexity index is 1680.